The van der Waals surface area contributed by atoms with Crippen molar-refractivity contribution in [3.63, 3.8) is 0 Å². The Labute approximate surface area is 144 Å². The highest BCUT2D eigenvalue weighted by molar-refractivity contribution is 5.93. The molecule has 1 aromatic carbocycles. The van der Waals surface area contributed by atoms with E-state index in [-0.39, 0.29) is 17.7 Å². The van der Waals surface area contributed by atoms with E-state index < -0.39 is 0 Å². The van der Waals surface area contributed by atoms with Gasteiger partial charge in [0.25, 0.3) is 0 Å². The summed E-state index contributed by atoms with van der Waals surface area (Å²) in [4.78, 5) is 27.0. The van der Waals surface area contributed by atoms with E-state index in [0.29, 0.717) is 18.9 Å². The van der Waals surface area contributed by atoms with Crippen LogP contribution in [0.1, 0.15) is 51.4 Å². The van der Waals surface area contributed by atoms with Crippen LogP contribution in [-0.2, 0) is 9.59 Å². The molecule has 0 bridgehead atoms. The number of amides is 2. The molecule has 0 spiro atoms. The van der Waals surface area contributed by atoms with Crippen LogP contribution in [0.15, 0.2) is 30.3 Å². The van der Waals surface area contributed by atoms with Gasteiger partial charge in [0.2, 0.25) is 11.8 Å². The summed E-state index contributed by atoms with van der Waals surface area (Å²) < 4.78 is 0. The fourth-order valence-corrected chi connectivity index (χ4v) is 3.95. The Kier molecular flexibility index (Phi) is 5.89. The summed E-state index contributed by atoms with van der Waals surface area (Å²) in [6, 6.07) is 9.55. The van der Waals surface area contributed by atoms with Crippen molar-refractivity contribution in [2.24, 2.45) is 11.8 Å². The summed E-state index contributed by atoms with van der Waals surface area (Å²) in [5.74, 6) is 0.759. The van der Waals surface area contributed by atoms with Crippen molar-refractivity contribution in [1.29, 1.82) is 0 Å². The summed E-state index contributed by atoms with van der Waals surface area (Å²) in [6.45, 7) is 1.38. The molecule has 4 heteroatoms. The third-order valence-electron chi connectivity index (χ3n) is 5.37. The monoisotopic (exact) mass is 328 g/mol. The standard InChI is InChI=1S/C20H28N2O2/c23-19(14-16-8-3-1-4-9-16)22-13-7-10-17(15-22)20(24)21-18-11-5-2-6-12-18/h2,5-6,11-12,16-17H,1,3-4,7-10,13-15H2,(H,21,24). The number of rotatable bonds is 4. The van der Waals surface area contributed by atoms with Crippen LogP contribution in [-0.4, -0.2) is 29.8 Å². The molecule has 1 atom stereocenters. The van der Waals surface area contributed by atoms with E-state index in [1.807, 2.05) is 35.2 Å². The molecule has 2 fully saturated rings. The van der Waals surface area contributed by atoms with Crippen LogP contribution < -0.4 is 5.32 Å². The maximum Gasteiger partial charge on any atom is 0.229 e. The number of hydrogen-bond acceptors (Lipinski definition) is 2. The molecule has 2 amide bonds. The first kappa shape index (κ1) is 17.0. The smallest absolute Gasteiger partial charge is 0.229 e. The highest BCUT2D eigenvalue weighted by atomic mass is 16.2. The van der Waals surface area contributed by atoms with E-state index in [4.69, 9.17) is 0 Å². The molecule has 4 nitrogen and oxygen atoms in total. The number of likely N-dealkylation sites (tertiary alicyclic amines) is 1. The van der Waals surface area contributed by atoms with E-state index >= 15 is 0 Å². The number of carbonyl (C=O) groups excluding carboxylic acids is 2. The Hall–Kier alpha value is -1.84. The van der Waals surface area contributed by atoms with Crippen LogP contribution in [0.5, 0.6) is 0 Å². The predicted molar refractivity (Wildman–Crippen MR) is 95.6 cm³/mol. The Morgan fingerprint density at radius 3 is 2.50 bits per heavy atom. The van der Waals surface area contributed by atoms with E-state index in [1.165, 1.54) is 32.1 Å². The van der Waals surface area contributed by atoms with E-state index in [0.717, 1.165) is 25.1 Å². The molecular weight excluding hydrogens is 300 g/mol. The van der Waals surface area contributed by atoms with Crippen LogP contribution in [0.4, 0.5) is 5.69 Å². The van der Waals surface area contributed by atoms with E-state index in [9.17, 15) is 9.59 Å². The van der Waals surface area contributed by atoms with Crippen LogP contribution in [0.25, 0.3) is 0 Å². The van der Waals surface area contributed by atoms with E-state index in [1.54, 1.807) is 0 Å². The lowest BCUT2D eigenvalue weighted by molar-refractivity contribution is -0.135. The topological polar surface area (TPSA) is 49.4 Å². The molecule has 1 aromatic rings. The first-order valence-electron chi connectivity index (χ1n) is 9.36. The minimum atomic E-state index is -0.0886. The van der Waals surface area contributed by atoms with Gasteiger partial charge < -0.3 is 10.2 Å². The Morgan fingerprint density at radius 2 is 1.75 bits per heavy atom. The first-order chi connectivity index (χ1) is 11.7. The number of nitrogens with zero attached hydrogens (tertiary/aromatic N) is 1. The normalized spacial score (nSPS) is 22.2. The van der Waals surface area contributed by atoms with E-state index in [2.05, 4.69) is 5.32 Å². The van der Waals surface area contributed by atoms with Gasteiger partial charge in [-0.15, -0.1) is 0 Å². The minimum Gasteiger partial charge on any atom is -0.342 e. The largest absolute Gasteiger partial charge is 0.342 e. The molecule has 0 aromatic heterocycles. The second-order valence-electron chi connectivity index (χ2n) is 7.24. The number of benzene rings is 1. The zero-order valence-electron chi connectivity index (χ0n) is 14.4. The summed E-state index contributed by atoms with van der Waals surface area (Å²) >= 11 is 0. The lowest BCUT2D eigenvalue weighted by atomic mass is 9.86. The molecule has 3 rings (SSSR count). The molecule has 130 valence electrons. The fourth-order valence-electron chi connectivity index (χ4n) is 3.95. The lowest BCUT2D eigenvalue weighted by Crippen LogP contribution is -2.44. The fraction of sp³-hybridized carbons (Fsp3) is 0.600. The predicted octanol–water partition coefficient (Wildman–Crippen LogP) is 3.83. The maximum absolute atomic E-state index is 12.6. The summed E-state index contributed by atoms with van der Waals surface area (Å²) in [5.41, 5.74) is 0.827. The van der Waals surface area contributed by atoms with Gasteiger partial charge in [-0.25, -0.2) is 0 Å². The molecule has 1 N–H and O–H groups in total. The molecule has 1 heterocycles. The number of nitrogens with one attached hydrogen (secondary N) is 1. The van der Waals surface area contributed by atoms with Crippen molar-refractivity contribution in [1.82, 2.24) is 4.90 Å². The van der Waals surface area contributed by atoms with Crippen molar-refractivity contribution in [2.75, 3.05) is 18.4 Å². The number of hydrogen-bond donors (Lipinski definition) is 1. The van der Waals surface area contributed by atoms with Crippen molar-refractivity contribution >= 4 is 17.5 Å². The third-order valence-corrected chi connectivity index (χ3v) is 5.37. The molecule has 1 aliphatic carbocycles. The van der Waals surface area contributed by atoms with Gasteiger partial charge in [0.05, 0.1) is 5.92 Å². The van der Waals surface area contributed by atoms with Crippen LogP contribution >= 0.6 is 0 Å². The number of anilines is 1. The molecule has 24 heavy (non-hydrogen) atoms. The molecule has 1 saturated carbocycles. The SMILES string of the molecule is O=C(Nc1ccccc1)C1CCCN(C(=O)CC2CCCCC2)C1. The van der Waals surface area contributed by atoms with Crippen LogP contribution in [0, 0.1) is 11.8 Å². The van der Waals surface area contributed by atoms with Gasteiger partial charge in [0.15, 0.2) is 0 Å². The highest BCUT2D eigenvalue weighted by Gasteiger charge is 2.29. The zero-order valence-corrected chi connectivity index (χ0v) is 14.4. The Balaban J connectivity index is 1.51. The van der Waals surface area contributed by atoms with Crippen molar-refractivity contribution in [2.45, 2.75) is 51.4 Å². The van der Waals surface area contributed by atoms with Gasteiger partial charge in [0, 0.05) is 25.2 Å². The van der Waals surface area contributed by atoms with Crippen molar-refractivity contribution in [3.8, 4) is 0 Å². The van der Waals surface area contributed by atoms with Crippen molar-refractivity contribution in [3.05, 3.63) is 30.3 Å². The summed E-state index contributed by atoms with van der Waals surface area (Å²) in [7, 11) is 0. The number of carbonyl (C=O) groups is 2. The second-order valence-corrected chi connectivity index (χ2v) is 7.24. The van der Waals surface area contributed by atoms with Gasteiger partial charge >= 0.3 is 0 Å². The minimum absolute atomic E-state index is 0.0383. The van der Waals surface area contributed by atoms with Gasteiger partial charge in [-0.1, -0.05) is 37.5 Å². The van der Waals surface area contributed by atoms with Crippen LogP contribution in [0.2, 0.25) is 0 Å². The maximum atomic E-state index is 12.6. The molecule has 2 aliphatic rings. The van der Waals surface area contributed by atoms with Gasteiger partial charge in [0.1, 0.15) is 0 Å². The van der Waals surface area contributed by atoms with Gasteiger partial charge in [-0.05, 0) is 43.7 Å². The molecule has 0 radical (unpaired) electrons. The van der Waals surface area contributed by atoms with Crippen molar-refractivity contribution < 1.29 is 9.59 Å². The lowest BCUT2D eigenvalue weighted by Gasteiger charge is -2.33. The average Bonchev–Trinajstić information content (AvgIpc) is 2.63. The first-order valence-corrected chi connectivity index (χ1v) is 9.36. The third kappa shape index (κ3) is 4.59. The molecule has 1 saturated heterocycles. The highest BCUT2D eigenvalue weighted by Crippen LogP contribution is 2.28. The number of piperidine rings is 1. The molecule has 1 aliphatic heterocycles. The number of para-hydroxylation sites is 1. The molecular formula is C20H28N2O2. The zero-order chi connectivity index (χ0) is 16.8. The Morgan fingerprint density at radius 1 is 1.00 bits per heavy atom. The summed E-state index contributed by atoms with van der Waals surface area (Å²) in [6.07, 6.45) is 8.69. The second kappa shape index (κ2) is 8.32. The van der Waals surface area contributed by atoms with Gasteiger partial charge in [-0.3, -0.25) is 9.59 Å². The van der Waals surface area contributed by atoms with Crippen LogP contribution in [0.3, 0.4) is 0 Å². The van der Waals surface area contributed by atoms with Gasteiger partial charge in [-0.2, -0.15) is 0 Å². The Bertz CT molecular complexity index is 552. The molecule has 1 unspecified atom stereocenters. The average molecular weight is 328 g/mol. The quantitative estimate of drug-likeness (QED) is 0.913. The summed E-state index contributed by atoms with van der Waals surface area (Å²) in [5, 5.41) is 2.98.